The normalized spacial score (nSPS) is 12.8. The van der Waals surface area contributed by atoms with Gasteiger partial charge in [-0.3, -0.25) is 0 Å². The van der Waals surface area contributed by atoms with Crippen LogP contribution < -0.4 is 0 Å². The highest BCUT2D eigenvalue weighted by Crippen LogP contribution is 2.16. The van der Waals surface area contributed by atoms with Gasteiger partial charge in [0.25, 0.3) is 0 Å². The van der Waals surface area contributed by atoms with Crippen molar-refractivity contribution in [3.63, 3.8) is 0 Å². The number of rotatable bonds is 3. The van der Waals surface area contributed by atoms with Gasteiger partial charge < -0.3 is 5.11 Å². The lowest BCUT2D eigenvalue weighted by Gasteiger charge is -2.06. The van der Waals surface area contributed by atoms with Gasteiger partial charge in [-0.05, 0) is 18.1 Å². The minimum Gasteiger partial charge on any atom is -0.384 e. The number of hydrogen-bond acceptors (Lipinski definition) is 1. The molecule has 0 aliphatic rings. The van der Waals surface area contributed by atoms with Crippen molar-refractivity contribution in [2.75, 3.05) is 0 Å². The van der Waals surface area contributed by atoms with E-state index in [0.29, 0.717) is 0 Å². The molecular formula is C16H16O. The molecular weight excluding hydrogens is 208 g/mol. The predicted molar refractivity (Wildman–Crippen MR) is 71.6 cm³/mol. The highest BCUT2D eigenvalue weighted by Gasteiger charge is 2.01. The summed E-state index contributed by atoms with van der Waals surface area (Å²) in [6, 6.07) is 17.9. The van der Waals surface area contributed by atoms with Gasteiger partial charge in [0.1, 0.15) is 0 Å². The standard InChI is InChI=1S/C16H16O/c1-13-7-10-15(11-8-13)16(17)12-9-14-5-3-2-4-6-14/h2-12,16-17H,1H3/b12-9-. The van der Waals surface area contributed by atoms with Crippen molar-refractivity contribution in [2.24, 2.45) is 0 Å². The molecule has 1 N–H and O–H groups in total. The Kier molecular flexibility index (Phi) is 3.73. The predicted octanol–water partition coefficient (Wildman–Crippen LogP) is 3.74. The second-order valence-corrected chi connectivity index (χ2v) is 4.13. The smallest absolute Gasteiger partial charge is 0.0975 e. The molecule has 0 aliphatic heterocycles. The van der Waals surface area contributed by atoms with E-state index < -0.39 is 6.10 Å². The molecule has 1 unspecified atom stereocenters. The third-order valence-electron chi connectivity index (χ3n) is 2.69. The quantitative estimate of drug-likeness (QED) is 0.842. The summed E-state index contributed by atoms with van der Waals surface area (Å²) in [6.07, 6.45) is 3.20. The van der Waals surface area contributed by atoms with Gasteiger partial charge in [0, 0.05) is 0 Å². The zero-order chi connectivity index (χ0) is 12.1. The van der Waals surface area contributed by atoms with Crippen LogP contribution in [0.3, 0.4) is 0 Å². The van der Waals surface area contributed by atoms with Gasteiger partial charge in [0.15, 0.2) is 0 Å². The molecule has 0 aliphatic carbocycles. The van der Waals surface area contributed by atoms with E-state index >= 15 is 0 Å². The first-order valence-electron chi connectivity index (χ1n) is 5.73. The van der Waals surface area contributed by atoms with Crippen molar-refractivity contribution in [1.82, 2.24) is 0 Å². The van der Waals surface area contributed by atoms with Crippen LogP contribution >= 0.6 is 0 Å². The van der Waals surface area contributed by atoms with E-state index in [1.807, 2.05) is 67.6 Å². The molecule has 0 spiro atoms. The number of benzene rings is 2. The topological polar surface area (TPSA) is 20.2 Å². The van der Waals surface area contributed by atoms with Gasteiger partial charge in [-0.25, -0.2) is 0 Å². The molecule has 0 bridgehead atoms. The molecule has 1 heteroatoms. The lowest BCUT2D eigenvalue weighted by Crippen LogP contribution is -1.92. The van der Waals surface area contributed by atoms with Crippen LogP contribution in [0.15, 0.2) is 60.7 Å². The van der Waals surface area contributed by atoms with E-state index in [0.717, 1.165) is 11.1 Å². The Bertz CT molecular complexity index is 483. The summed E-state index contributed by atoms with van der Waals surface area (Å²) in [4.78, 5) is 0. The number of hydrogen-bond donors (Lipinski definition) is 1. The number of aliphatic hydroxyl groups excluding tert-OH is 1. The highest BCUT2D eigenvalue weighted by atomic mass is 16.3. The first-order valence-corrected chi connectivity index (χ1v) is 5.73. The van der Waals surface area contributed by atoms with Crippen molar-refractivity contribution < 1.29 is 5.11 Å². The summed E-state index contributed by atoms with van der Waals surface area (Å²) >= 11 is 0. The summed E-state index contributed by atoms with van der Waals surface area (Å²) in [7, 11) is 0. The molecule has 1 atom stereocenters. The van der Waals surface area contributed by atoms with Crippen molar-refractivity contribution >= 4 is 6.08 Å². The fourth-order valence-corrected chi connectivity index (χ4v) is 1.64. The molecule has 0 amide bonds. The van der Waals surface area contributed by atoms with E-state index in [1.54, 1.807) is 6.08 Å². The third kappa shape index (κ3) is 3.30. The Balaban J connectivity index is 2.09. The summed E-state index contributed by atoms with van der Waals surface area (Å²) < 4.78 is 0. The second-order valence-electron chi connectivity index (χ2n) is 4.13. The molecule has 2 aromatic rings. The van der Waals surface area contributed by atoms with Crippen LogP contribution in [0.25, 0.3) is 6.08 Å². The van der Waals surface area contributed by atoms with Crippen LogP contribution in [0.1, 0.15) is 22.8 Å². The molecule has 0 heterocycles. The van der Waals surface area contributed by atoms with Crippen molar-refractivity contribution in [3.05, 3.63) is 77.4 Å². The Morgan fingerprint density at radius 1 is 0.941 bits per heavy atom. The van der Waals surface area contributed by atoms with E-state index in [1.165, 1.54) is 5.56 Å². The SMILES string of the molecule is Cc1ccc(C(O)/C=C\c2ccccc2)cc1. The summed E-state index contributed by atoms with van der Waals surface area (Å²) in [5.74, 6) is 0. The van der Waals surface area contributed by atoms with Crippen molar-refractivity contribution in [3.8, 4) is 0 Å². The summed E-state index contributed by atoms with van der Waals surface area (Å²) in [5.41, 5.74) is 3.22. The van der Waals surface area contributed by atoms with E-state index in [4.69, 9.17) is 0 Å². The largest absolute Gasteiger partial charge is 0.384 e. The molecule has 0 radical (unpaired) electrons. The summed E-state index contributed by atoms with van der Waals surface area (Å²) in [5, 5.41) is 9.99. The molecule has 2 aromatic carbocycles. The van der Waals surface area contributed by atoms with Crippen molar-refractivity contribution in [2.45, 2.75) is 13.0 Å². The van der Waals surface area contributed by atoms with E-state index in [2.05, 4.69) is 0 Å². The second kappa shape index (κ2) is 5.46. The summed E-state index contributed by atoms with van der Waals surface area (Å²) in [6.45, 7) is 2.04. The molecule has 0 saturated carbocycles. The van der Waals surface area contributed by atoms with E-state index in [9.17, 15) is 5.11 Å². The maximum Gasteiger partial charge on any atom is 0.0975 e. The first-order chi connectivity index (χ1) is 8.25. The van der Waals surface area contributed by atoms with Crippen molar-refractivity contribution in [1.29, 1.82) is 0 Å². The molecule has 0 saturated heterocycles. The van der Waals surface area contributed by atoms with Gasteiger partial charge >= 0.3 is 0 Å². The molecule has 2 rings (SSSR count). The molecule has 1 nitrogen and oxygen atoms in total. The fourth-order valence-electron chi connectivity index (χ4n) is 1.64. The maximum absolute atomic E-state index is 9.99. The minimum absolute atomic E-state index is 0.546. The van der Waals surface area contributed by atoms with Gasteiger partial charge in [0.05, 0.1) is 6.10 Å². The fraction of sp³-hybridized carbons (Fsp3) is 0.125. The molecule has 86 valence electrons. The van der Waals surface area contributed by atoms with Gasteiger partial charge in [0.2, 0.25) is 0 Å². The Morgan fingerprint density at radius 3 is 2.24 bits per heavy atom. The van der Waals surface area contributed by atoms with Crippen LogP contribution in [0, 0.1) is 6.92 Å². The number of aryl methyl sites for hydroxylation is 1. The van der Waals surface area contributed by atoms with Gasteiger partial charge in [-0.2, -0.15) is 0 Å². The maximum atomic E-state index is 9.99. The molecule has 17 heavy (non-hydrogen) atoms. The van der Waals surface area contributed by atoms with E-state index in [-0.39, 0.29) is 0 Å². The average molecular weight is 224 g/mol. The number of aliphatic hydroxyl groups is 1. The molecule has 0 fully saturated rings. The lowest BCUT2D eigenvalue weighted by molar-refractivity contribution is 0.229. The van der Waals surface area contributed by atoms with Crippen LogP contribution in [-0.2, 0) is 0 Å². The molecule has 0 aromatic heterocycles. The highest BCUT2D eigenvalue weighted by molar-refractivity contribution is 5.50. The van der Waals surface area contributed by atoms with Crippen LogP contribution in [0.2, 0.25) is 0 Å². The Labute approximate surface area is 102 Å². The lowest BCUT2D eigenvalue weighted by atomic mass is 10.1. The monoisotopic (exact) mass is 224 g/mol. The van der Waals surface area contributed by atoms with Crippen LogP contribution in [0.5, 0.6) is 0 Å². The third-order valence-corrected chi connectivity index (χ3v) is 2.69. The zero-order valence-electron chi connectivity index (χ0n) is 9.88. The Morgan fingerprint density at radius 2 is 1.59 bits per heavy atom. The van der Waals surface area contributed by atoms with Crippen LogP contribution in [-0.4, -0.2) is 5.11 Å². The zero-order valence-corrected chi connectivity index (χ0v) is 9.88. The van der Waals surface area contributed by atoms with Gasteiger partial charge in [-0.15, -0.1) is 0 Å². The Hall–Kier alpha value is -1.86. The average Bonchev–Trinajstić information content (AvgIpc) is 2.38. The van der Waals surface area contributed by atoms with Crippen LogP contribution in [0.4, 0.5) is 0 Å². The first kappa shape index (κ1) is 11.6. The minimum atomic E-state index is -0.546. The van der Waals surface area contributed by atoms with Gasteiger partial charge in [-0.1, -0.05) is 72.3 Å².